The van der Waals surface area contributed by atoms with Crippen molar-refractivity contribution in [2.24, 2.45) is 5.73 Å². The highest BCUT2D eigenvalue weighted by molar-refractivity contribution is 6.35. The van der Waals surface area contributed by atoms with Crippen LogP contribution in [0.5, 0.6) is 0 Å². The second-order valence-corrected chi connectivity index (χ2v) is 5.40. The molecule has 1 atom stereocenters. The van der Waals surface area contributed by atoms with Crippen LogP contribution in [0.1, 0.15) is 18.5 Å². The standard InChI is InChI=1S/C14H12Cl3N/c1-8(18)11-4-2-9(6-14(11)17)12-7-10(15)3-5-13(12)16/h2-8H,18H2,1H3. The summed E-state index contributed by atoms with van der Waals surface area (Å²) in [5, 5.41) is 1.92. The first kappa shape index (κ1) is 13.7. The Kier molecular flexibility index (Phi) is 4.18. The molecule has 0 spiro atoms. The fraction of sp³-hybridized carbons (Fsp3) is 0.143. The van der Waals surface area contributed by atoms with E-state index < -0.39 is 0 Å². The first-order valence-electron chi connectivity index (χ1n) is 5.49. The maximum Gasteiger partial charge on any atom is 0.0485 e. The molecule has 2 aromatic rings. The van der Waals surface area contributed by atoms with Gasteiger partial charge in [0, 0.05) is 26.7 Å². The van der Waals surface area contributed by atoms with Crippen LogP contribution in [-0.4, -0.2) is 0 Å². The third kappa shape index (κ3) is 2.81. The molecule has 0 bridgehead atoms. The predicted octanol–water partition coefficient (Wildman–Crippen LogP) is 5.33. The maximum absolute atomic E-state index is 6.21. The average molecular weight is 301 g/mol. The predicted molar refractivity (Wildman–Crippen MR) is 79.5 cm³/mol. The molecule has 0 fully saturated rings. The van der Waals surface area contributed by atoms with Crippen LogP contribution in [-0.2, 0) is 0 Å². The van der Waals surface area contributed by atoms with Gasteiger partial charge in [-0.2, -0.15) is 0 Å². The number of benzene rings is 2. The first-order chi connectivity index (χ1) is 8.49. The molecule has 0 heterocycles. The lowest BCUT2D eigenvalue weighted by Gasteiger charge is -2.11. The Morgan fingerprint density at radius 1 is 0.944 bits per heavy atom. The van der Waals surface area contributed by atoms with Gasteiger partial charge in [-0.3, -0.25) is 0 Å². The Bertz CT molecular complexity index is 579. The molecule has 18 heavy (non-hydrogen) atoms. The second-order valence-electron chi connectivity index (χ2n) is 4.15. The maximum atomic E-state index is 6.21. The number of hydrogen-bond donors (Lipinski definition) is 1. The van der Waals surface area contributed by atoms with Crippen LogP contribution in [0.2, 0.25) is 15.1 Å². The summed E-state index contributed by atoms with van der Waals surface area (Å²) in [7, 11) is 0. The monoisotopic (exact) mass is 299 g/mol. The molecule has 0 saturated heterocycles. The number of nitrogens with two attached hydrogens (primary N) is 1. The molecule has 2 rings (SSSR count). The van der Waals surface area contributed by atoms with Gasteiger partial charge in [0.25, 0.3) is 0 Å². The number of halogens is 3. The van der Waals surface area contributed by atoms with Gasteiger partial charge in [-0.25, -0.2) is 0 Å². The summed E-state index contributed by atoms with van der Waals surface area (Å²) in [5.41, 5.74) is 8.53. The Balaban J connectivity index is 2.52. The number of hydrogen-bond acceptors (Lipinski definition) is 1. The SMILES string of the molecule is CC(N)c1ccc(-c2cc(Cl)ccc2Cl)cc1Cl. The minimum Gasteiger partial charge on any atom is -0.324 e. The zero-order chi connectivity index (χ0) is 13.3. The van der Waals surface area contributed by atoms with Crippen molar-refractivity contribution in [3.63, 3.8) is 0 Å². The van der Waals surface area contributed by atoms with Crippen LogP contribution in [0.4, 0.5) is 0 Å². The van der Waals surface area contributed by atoms with E-state index in [1.165, 1.54) is 0 Å². The Labute approximate surface area is 121 Å². The summed E-state index contributed by atoms with van der Waals surface area (Å²) in [4.78, 5) is 0. The van der Waals surface area contributed by atoms with Gasteiger partial charge in [-0.1, -0.05) is 46.9 Å². The van der Waals surface area contributed by atoms with Crippen LogP contribution in [0.25, 0.3) is 11.1 Å². The summed E-state index contributed by atoms with van der Waals surface area (Å²) in [6.07, 6.45) is 0. The lowest BCUT2D eigenvalue weighted by atomic mass is 10.0. The molecule has 94 valence electrons. The van der Waals surface area contributed by atoms with E-state index in [1.54, 1.807) is 12.1 Å². The molecule has 4 heteroatoms. The quantitative estimate of drug-likeness (QED) is 0.796. The lowest BCUT2D eigenvalue weighted by molar-refractivity contribution is 0.819. The smallest absolute Gasteiger partial charge is 0.0485 e. The largest absolute Gasteiger partial charge is 0.324 e. The normalized spacial score (nSPS) is 12.5. The minimum atomic E-state index is -0.0959. The Morgan fingerprint density at radius 3 is 2.28 bits per heavy atom. The van der Waals surface area contributed by atoms with Crippen LogP contribution in [0, 0.1) is 0 Å². The molecule has 0 aliphatic heterocycles. The molecule has 1 unspecified atom stereocenters. The third-order valence-electron chi connectivity index (χ3n) is 2.73. The van der Waals surface area contributed by atoms with Crippen LogP contribution in [0.15, 0.2) is 36.4 Å². The Hall–Kier alpha value is -0.730. The summed E-state index contributed by atoms with van der Waals surface area (Å²) in [5.74, 6) is 0. The van der Waals surface area contributed by atoms with Gasteiger partial charge in [0.05, 0.1) is 0 Å². The topological polar surface area (TPSA) is 26.0 Å². The molecule has 2 aromatic carbocycles. The fourth-order valence-corrected chi connectivity index (χ4v) is 2.53. The molecule has 0 radical (unpaired) electrons. The molecular formula is C14H12Cl3N. The first-order valence-corrected chi connectivity index (χ1v) is 6.63. The van der Waals surface area contributed by atoms with Crippen molar-refractivity contribution < 1.29 is 0 Å². The molecule has 0 aliphatic rings. The van der Waals surface area contributed by atoms with Crippen molar-refractivity contribution in [3.8, 4) is 11.1 Å². The highest BCUT2D eigenvalue weighted by Crippen LogP contribution is 2.33. The summed E-state index contributed by atoms with van der Waals surface area (Å²) >= 11 is 18.3. The van der Waals surface area contributed by atoms with E-state index in [4.69, 9.17) is 40.5 Å². The van der Waals surface area contributed by atoms with Gasteiger partial charge in [0.2, 0.25) is 0 Å². The Morgan fingerprint density at radius 2 is 1.67 bits per heavy atom. The van der Waals surface area contributed by atoms with Crippen LogP contribution in [0.3, 0.4) is 0 Å². The highest BCUT2D eigenvalue weighted by Gasteiger charge is 2.09. The molecule has 0 amide bonds. The highest BCUT2D eigenvalue weighted by atomic mass is 35.5. The van der Waals surface area contributed by atoms with Crippen molar-refractivity contribution in [1.82, 2.24) is 0 Å². The van der Waals surface area contributed by atoms with E-state index >= 15 is 0 Å². The lowest BCUT2D eigenvalue weighted by Crippen LogP contribution is -2.05. The molecule has 2 N–H and O–H groups in total. The minimum absolute atomic E-state index is 0.0959. The van der Waals surface area contributed by atoms with Gasteiger partial charge in [-0.15, -0.1) is 0 Å². The van der Waals surface area contributed by atoms with Gasteiger partial charge >= 0.3 is 0 Å². The van der Waals surface area contributed by atoms with E-state index in [1.807, 2.05) is 31.2 Å². The zero-order valence-electron chi connectivity index (χ0n) is 9.75. The number of rotatable bonds is 2. The molecular weight excluding hydrogens is 289 g/mol. The summed E-state index contributed by atoms with van der Waals surface area (Å²) in [6.45, 7) is 1.90. The van der Waals surface area contributed by atoms with E-state index in [-0.39, 0.29) is 6.04 Å². The van der Waals surface area contributed by atoms with Crippen molar-refractivity contribution in [2.45, 2.75) is 13.0 Å². The molecule has 0 aromatic heterocycles. The van der Waals surface area contributed by atoms with Crippen molar-refractivity contribution in [1.29, 1.82) is 0 Å². The van der Waals surface area contributed by atoms with Gasteiger partial charge in [0.15, 0.2) is 0 Å². The average Bonchev–Trinajstić information content (AvgIpc) is 2.31. The van der Waals surface area contributed by atoms with E-state index in [0.717, 1.165) is 16.7 Å². The van der Waals surface area contributed by atoms with E-state index in [9.17, 15) is 0 Å². The van der Waals surface area contributed by atoms with Crippen molar-refractivity contribution >= 4 is 34.8 Å². The molecule has 1 nitrogen and oxygen atoms in total. The summed E-state index contributed by atoms with van der Waals surface area (Å²) in [6, 6.07) is 11.0. The second kappa shape index (κ2) is 5.50. The van der Waals surface area contributed by atoms with Crippen molar-refractivity contribution in [2.75, 3.05) is 0 Å². The zero-order valence-corrected chi connectivity index (χ0v) is 12.0. The molecule has 0 saturated carbocycles. The van der Waals surface area contributed by atoms with Gasteiger partial charge in [-0.05, 0) is 42.3 Å². The van der Waals surface area contributed by atoms with Crippen LogP contribution >= 0.6 is 34.8 Å². The fourth-order valence-electron chi connectivity index (χ4n) is 1.78. The van der Waals surface area contributed by atoms with Gasteiger partial charge < -0.3 is 5.73 Å². The third-order valence-corrected chi connectivity index (χ3v) is 3.62. The molecule has 0 aliphatic carbocycles. The van der Waals surface area contributed by atoms with Gasteiger partial charge in [0.1, 0.15) is 0 Å². The van der Waals surface area contributed by atoms with E-state index in [0.29, 0.717) is 15.1 Å². The van der Waals surface area contributed by atoms with Crippen LogP contribution < -0.4 is 5.73 Å². The summed E-state index contributed by atoms with van der Waals surface area (Å²) < 4.78 is 0. The van der Waals surface area contributed by atoms with E-state index in [2.05, 4.69) is 0 Å². The van der Waals surface area contributed by atoms with Crippen molar-refractivity contribution in [3.05, 3.63) is 57.0 Å².